The lowest BCUT2D eigenvalue weighted by Gasteiger charge is -2.32. The van der Waals surface area contributed by atoms with Crippen LogP contribution in [0.4, 0.5) is 0 Å². The first-order valence-corrected chi connectivity index (χ1v) is 6.82. The number of rotatable bonds is 5. The molecule has 0 aromatic carbocycles. The van der Waals surface area contributed by atoms with Gasteiger partial charge in [-0.1, -0.05) is 0 Å². The molecule has 1 aliphatic rings. The number of pyridine rings is 1. The zero-order valence-corrected chi connectivity index (χ0v) is 11.7. The largest absolute Gasteiger partial charge is 0.352 e. The Kier molecular flexibility index (Phi) is 5.25. The van der Waals surface area contributed by atoms with Gasteiger partial charge in [-0.3, -0.25) is 19.4 Å². The molecule has 3 amide bonds. The van der Waals surface area contributed by atoms with Gasteiger partial charge < -0.3 is 15.1 Å². The van der Waals surface area contributed by atoms with Crippen LogP contribution < -0.4 is 5.32 Å². The summed E-state index contributed by atoms with van der Waals surface area (Å²) in [5.74, 6) is -0.498. The highest BCUT2D eigenvalue weighted by Crippen LogP contribution is 2.02. The van der Waals surface area contributed by atoms with Gasteiger partial charge >= 0.3 is 0 Å². The quantitative estimate of drug-likeness (QED) is 0.579. The van der Waals surface area contributed by atoms with E-state index in [4.69, 9.17) is 0 Å². The lowest BCUT2D eigenvalue weighted by Crippen LogP contribution is -2.48. The number of aromatic nitrogens is 1. The molecule has 0 radical (unpaired) electrons. The average molecular weight is 290 g/mol. The molecule has 7 nitrogen and oxygen atoms in total. The zero-order chi connectivity index (χ0) is 15.1. The lowest BCUT2D eigenvalue weighted by molar-refractivity contribution is -0.139. The number of nitrogens with one attached hydrogen (secondary N) is 1. The summed E-state index contributed by atoms with van der Waals surface area (Å²) in [5.41, 5.74) is 0.936. The van der Waals surface area contributed by atoms with Gasteiger partial charge in [0, 0.05) is 45.1 Å². The molecule has 7 heteroatoms. The summed E-state index contributed by atoms with van der Waals surface area (Å²) in [6, 6.07) is 3.61. The number of nitrogens with zero attached hydrogens (tertiary/aromatic N) is 3. The van der Waals surface area contributed by atoms with Gasteiger partial charge in [-0.2, -0.15) is 0 Å². The summed E-state index contributed by atoms with van der Waals surface area (Å²) < 4.78 is 0. The van der Waals surface area contributed by atoms with E-state index in [-0.39, 0.29) is 18.2 Å². The van der Waals surface area contributed by atoms with Gasteiger partial charge in [0.05, 0.1) is 0 Å². The Morgan fingerprint density at radius 2 is 1.86 bits per heavy atom. The van der Waals surface area contributed by atoms with Gasteiger partial charge in [0.1, 0.15) is 6.42 Å². The van der Waals surface area contributed by atoms with Crippen LogP contribution in [-0.2, 0) is 20.9 Å². The molecule has 2 rings (SSSR count). The minimum absolute atomic E-state index is 0.161. The molecule has 112 valence electrons. The molecule has 0 aliphatic carbocycles. The van der Waals surface area contributed by atoms with E-state index in [1.54, 1.807) is 34.3 Å². The molecule has 1 N–H and O–H groups in total. The van der Waals surface area contributed by atoms with Gasteiger partial charge in [-0.05, 0) is 17.7 Å². The second-order valence-electron chi connectivity index (χ2n) is 4.83. The highest BCUT2D eigenvalue weighted by Gasteiger charge is 2.21. The van der Waals surface area contributed by atoms with Crippen molar-refractivity contribution in [3.63, 3.8) is 0 Å². The first-order valence-electron chi connectivity index (χ1n) is 6.82. The highest BCUT2D eigenvalue weighted by atomic mass is 16.2. The van der Waals surface area contributed by atoms with Crippen LogP contribution in [0, 0.1) is 0 Å². The van der Waals surface area contributed by atoms with Gasteiger partial charge in [0.2, 0.25) is 18.2 Å². The third kappa shape index (κ3) is 4.55. The van der Waals surface area contributed by atoms with E-state index in [2.05, 4.69) is 10.3 Å². The maximum absolute atomic E-state index is 12.0. The second kappa shape index (κ2) is 7.37. The molecule has 1 fully saturated rings. The van der Waals surface area contributed by atoms with Crippen molar-refractivity contribution in [3.05, 3.63) is 30.1 Å². The van der Waals surface area contributed by atoms with Crippen molar-refractivity contribution in [2.24, 2.45) is 0 Å². The molecule has 2 heterocycles. The van der Waals surface area contributed by atoms with Crippen molar-refractivity contribution in [2.75, 3.05) is 26.2 Å². The van der Waals surface area contributed by atoms with Crippen LogP contribution in [0.15, 0.2) is 24.5 Å². The Balaban J connectivity index is 1.72. The molecule has 0 saturated carbocycles. The van der Waals surface area contributed by atoms with Crippen LogP contribution in [-0.4, -0.2) is 59.2 Å². The molecular weight excluding hydrogens is 272 g/mol. The van der Waals surface area contributed by atoms with E-state index in [0.717, 1.165) is 12.0 Å². The van der Waals surface area contributed by atoms with Crippen molar-refractivity contribution in [2.45, 2.75) is 13.0 Å². The lowest BCUT2D eigenvalue weighted by atomic mass is 10.2. The average Bonchev–Trinajstić information content (AvgIpc) is 2.54. The number of piperazine rings is 1. The Morgan fingerprint density at radius 3 is 2.48 bits per heavy atom. The summed E-state index contributed by atoms with van der Waals surface area (Å²) >= 11 is 0. The minimum Gasteiger partial charge on any atom is -0.352 e. The van der Waals surface area contributed by atoms with E-state index in [1.807, 2.05) is 0 Å². The number of carbonyl (C=O) groups excluding carboxylic acids is 3. The predicted octanol–water partition coefficient (Wildman–Crippen LogP) is -0.611. The Labute approximate surface area is 122 Å². The topological polar surface area (TPSA) is 82.6 Å². The molecule has 21 heavy (non-hydrogen) atoms. The van der Waals surface area contributed by atoms with Crippen LogP contribution in [0.25, 0.3) is 0 Å². The normalized spacial score (nSPS) is 14.7. The first-order chi connectivity index (χ1) is 10.2. The van der Waals surface area contributed by atoms with E-state index in [1.165, 1.54) is 0 Å². The van der Waals surface area contributed by atoms with Crippen molar-refractivity contribution in [3.8, 4) is 0 Å². The zero-order valence-electron chi connectivity index (χ0n) is 11.7. The second-order valence-corrected chi connectivity index (χ2v) is 4.83. The van der Waals surface area contributed by atoms with Gasteiger partial charge in [-0.25, -0.2) is 0 Å². The molecule has 1 aromatic rings. The van der Waals surface area contributed by atoms with Gasteiger partial charge in [0.25, 0.3) is 0 Å². The molecule has 1 aromatic heterocycles. The predicted molar refractivity (Wildman–Crippen MR) is 74.9 cm³/mol. The van der Waals surface area contributed by atoms with Crippen LogP contribution in [0.1, 0.15) is 12.0 Å². The van der Waals surface area contributed by atoms with Crippen LogP contribution in [0.3, 0.4) is 0 Å². The number of carbonyl (C=O) groups is 3. The van der Waals surface area contributed by atoms with Crippen LogP contribution in [0.2, 0.25) is 0 Å². The third-order valence-electron chi connectivity index (χ3n) is 3.37. The molecule has 0 unspecified atom stereocenters. The highest BCUT2D eigenvalue weighted by molar-refractivity contribution is 5.96. The van der Waals surface area contributed by atoms with Crippen molar-refractivity contribution < 1.29 is 14.4 Å². The Morgan fingerprint density at radius 1 is 1.19 bits per heavy atom. The monoisotopic (exact) mass is 290 g/mol. The van der Waals surface area contributed by atoms with Gasteiger partial charge in [-0.15, -0.1) is 0 Å². The fourth-order valence-corrected chi connectivity index (χ4v) is 2.09. The number of amides is 3. The maximum atomic E-state index is 12.0. The molecule has 1 saturated heterocycles. The molecule has 1 aliphatic heterocycles. The van der Waals surface area contributed by atoms with E-state index in [9.17, 15) is 14.4 Å². The van der Waals surface area contributed by atoms with Crippen LogP contribution >= 0.6 is 0 Å². The number of hydrogen-bond donors (Lipinski definition) is 1. The Bertz CT molecular complexity index is 498. The third-order valence-corrected chi connectivity index (χ3v) is 3.37. The Hall–Kier alpha value is -2.44. The SMILES string of the molecule is O=CN1CCN(C(=O)CC(=O)NCc2ccncc2)CC1. The molecule has 0 atom stereocenters. The summed E-state index contributed by atoms with van der Waals surface area (Å²) in [5, 5.41) is 2.71. The van der Waals surface area contributed by atoms with Crippen molar-refractivity contribution in [1.82, 2.24) is 20.1 Å². The minimum atomic E-state index is -0.297. The number of hydrogen-bond acceptors (Lipinski definition) is 4. The standard InChI is InChI=1S/C14H18N4O3/c19-11-17-5-7-18(8-6-17)14(21)9-13(20)16-10-12-1-3-15-4-2-12/h1-4,11H,5-10H2,(H,16,20). The van der Waals surface area contributed by atoms with Crippen LogP contribution in [0.5, 0.6) is 0 Å². The van der Waals surface area contributed by atoms with E-state index >= 15 is 0 Å². The summed E-state index contributed by atoms with van der Waals surface area (Å²) in [6.07, 6.45) is 3.92. The summed E-state index contributed by atoms with van der Waals surface area (Å²) in [7, 11) is 0. The van der Waals surface area contributed by atoms with Crippen molar-refractivity contribution >= 4 is 18.2 Å². The summed E-state index contributed by atoms with van der Waals surface area (Å²) in [4.78, 5) is 41.4. The fraction of sp³-hybridized carbons (Fsp3) is 0.429. The van der Waals surface area contributed by atoms with Gasteiger partial charge in [0.15, 0.2) is 0 Å². The molecular formula is C14H18N4O3. The summed E-state index contributed by atoms with van der Waals surface area (Å²) in [6.45, 7) is 2.39. The van der Waals surface area contributed by atoms with Crippen molar-refractivity contribution in [1.29, 1.82) is 0 Å². The fourth-order valence-electron chi connectivity index (χ4n) is 2.09. The molecule has 0 spiro atoms. The molecule has 0 bridgehead atoms. The first kappa shape index (κ1) is 15.0. The van der Waals surface area contributed by atoms with E-state index < -0.39 is 0 Å². The smallest absolute Gasteiger partial charge is 0.232 e. The maximum Gasteiger partial charge on any atom is 0.232 e. The van der Waals surface area contributed by atoms with E-state index in [0.29, 0.717) is 32.7 Å².